The summed E-state index contributed by atoms with van der Waals surface area (Å²) in [6, 6.07) is 1.09. The van der Waals surface area contributed by atoms with Crippen molar-refractivity contribution in [1.82, 2.24) is 9.71 Å². The molecule has 0 aliphatic rings. The summed E-state index contributed by atoms with van der Waals surface area (Å²) in [7, 11) is -4.23. The van der Waals surface area contributed by atoms with Crippen molar-refractivity contribution in [2.45, 2.75) is 44.4 Å². The molecular weight excluding hydrogens is 287 g/mol. The van der Waals surface area contributed by atoms with Gasteiger partial charge in [-0.2, -0.15) is 4.72 Å². The van der Waals surface area contributed by atoms with Crippen LogP contribution in [-0.4, -0.2) is 31.0 Å². The predicted octanol–water partition coefficient (Wildman–Crippen LogP) is 1.23. The van der Waals surface area contributed by atoms with Crippen LogP contribution in [0.15, 0.2) is 23.4 Å². The Morgan fingerprint density at radius 3 is 2.55 bits per heavy atom. The van der Waals surface area contributed by atoms with Gasteiger partial charge in [0.15, 0.2) is 5.82 Å². The van der Waals surface area contributed by atoms with Crippen molar-refractivity contribution in [2.75, 3.05) is 0 Å². The zero-order valence-corrected chi connectivity index (χ0v) is 12.5. The lowest BCUT2D eigenvalue weighted by atomic mass is 10.2. The summed E-state index contributed by atoms with van der Waals surface area (Å²) in [6.45, 7) is 6.28. The summed E-state index contributed by atoms with van der Waals surface area (Å²) in [5.41, 5.74) is -0.743. The van der Waals surface area contributed by atoms with Gasteiger partial charge in [-0.15, -0.1) is 0 Å². The van der Waals surface area contributed by atoms with Crippen molar-refractivity contribution in [2.24, 2.45) is 0 Å². The summed E-state index contributed by atoms with van der Waals surface area (Å²) in [4.78, 5) is 15.1. The average Bonchev–Trinajstić information content (AvgIpc) is 2.26. The molecule has 0 saturated heterocycles. The Labute approximate surface area is 117 Å². The van der Waals surface area contributed by atoms with Gasteiger partial charge in [-0.1, -0.05) is 0 Å². The molecule has 0 aliphatic carbocycles. The number of carbonyl (C=O) groups excluding carboxylic acids is 1. The molecule has 0 aliphatic heterocycles. The van der Waals surface area contributed by atoms with E-state index in [1.807, 2.05) is 4.72 Å². The summed E-state index contributed by atoms with van der Waals surface area (Å²) >= 11 is 0. The number of nitrogens with zero attached hydrogens (tertiary/aromatic N) is 1. The second kappa shape index (κ2) is 5.84. The first kappa shape index (κ1) is 16.5. The fourth-order valence-electron chi connectivity index (χ4n) is 1.30. The van der Waals surface area contributed by atoms with Crippen molar-refractivity contribution in [1.29, 1.82) is 0 Å². The molecule has 0 saturated carbocycles. The highest BCUT2D eigenvalue weighted by Gasteiger charge is 2.28. The number of pyridine rings is 1. The molecule has 0 radical (unpaired) electrons. The van der Waals surface area contributed by atoms with Crippen LogP contribution in [-0.2, 0) is 19.6 Å². The highest BCUT2D eigenvalue weighted by atomic mass is 32.2. The number of ether oxygens (including phenoxy) is 1. The maximum Gasteiger partial charge on any atom is 0.324 e. The zero-order valence-electron chi connectivity index (χ0n) is 11.7. The van der Waals surface area contributed by atoms with Crippen molar-refractivity contribution < 1.29 is 22.3 Å². The maximum atomic E-state index is 13.4. The van der Waals surface area contributed by atoms with Gasteiger partial charge < -0.3 is 4.74 Å². The normalized spacial score (nSPS) is 13.8. The molecule has 112 valence electrons. The van der Waals surface area contributed by atoms with Crippen molar-refractivity contribution >= 4 is 16.0 Å². The standard InChI is InChI=1S/C12H17FN2O4S/c1-8(11(16)19-12(2,3)4)15-20(17,18)10-9(13)6-5-7-14-10/h5-8,15H,1-4H3/t8-/m0/s1. The van der Waals surface area contributed by atoms with E-state index in [1.54, 1.807) is 20.8 Å². The highest BCUT2D eigenvalue weighted by molar-refractivity contribution is 7.89. The van der Waals surface area contributed by atoms with Gasteiger partial charge >= 0.3 is 5.97 Å². The van der Waals surface area contributed by atoms with Crippen LogP contribution in [0.5, 0.6) is 0 Å². The quantitative estimate of drug-likeness (QED) is 0.846. The number of sulfonamides is 1. The fraction of sp³-hybridized carbons (Fsp3) is 0.500. The van der Waals surface area contributed by atoms with E-state index in [9.17, 15) is 17.6 Å². The lowest BCUT2D eigenvalue weighted by Gasteiger charge is -2.22. The van der Waals surface area contributed by atoms with E-state index in [0.29, 0.717) is 0 Å². The van der Waals surface area contributed by atoms with Crippen LogP contribution in [0.3, 0.4) is 0 Å². The molecule has 1 aromatic heterocycles. The van der Waals surface area contributed by atoms with E-state index >= 15 is 0 Å². The first-order chi connectivity index (χ1) is 9.03. The summed E-state index contributed by atoms with van der Waals surface area (Å²) in [5, 5.41) is -0.754. The Morgan fingerprint density at radius 1 is 1.45 bits per heavy atom. The van der Waals surface area contributed by atoms with Crippen LogP contribution in [0.1, 0.15) is 27.7 Å². The lowest BCUT2D eigenvalue weighted by molar-refractivity contribution is -0.156. The summed E-state index contributed by atoms with van der Waals surface area (Å²) in [5.74, 6) is -1.74. The van der Waals surface area contributed by atoms with E-state index in [1.165, 1.54) is 13.0 Å². The Bertz CT molecular complexity index is 596. The fourth-order valence-corrected chi connectivity index (χ4v) is 2.49. The lowest BCUT2D eigenvalue weighted by Crippen LogP contribution is -2.42. The molecule has 0 unspecified atom stereocenters. The molecule has 0 bridgehead atoms. The van der Waals surface area contributed by atoms with Gasteiger partial charge in [0.05, 0.1) is 0 Å². The van der Waals surface area contributed by atoms with Crippen molar-refractivity contribution in [3.8, 4) is 0 Å². The molecule has 0 aromatic carbocycles. The largest absolute Gasteiger partial charge is 0.459 e. The van der Waals surface area contributed by atoms with Gasteiger partial charge in [-0.25, -0.2) is 17.8 Å². The minimum absolute atomic E-state index is 0.743. The SMILES string of the molecule is C[C@H](NS(=O)(=O)c1ncccc1F)C(=O)OC(C)(C)C. The second-order valence-electron chi connectivity index (χ2n) is 5.17. The van der Waals surface area contributed by atoms with E-state index in [4.69, 9.17) is 4.74 Å². The van der Waals surface area contributed by atoms with Crippen LogP contribution in [0.2, 0.25) is 0 Å². The van der Waals surface area contributed by atoms with Crippen LogP contribution in [0.4, 0.5) is 4.39 Å². The maximum absolute atomic E-state index is 13.4. The molecule has 0 amide bonds. The Kier molecular flexibility index (Phi) is 4.82. The molecule has 1 aromatic rings. The Morgan fingerprint density at radius 2 is 2.05 bits per heavy atom. The monoisotopic (exact) mass is 304 g/mol. The second-order valence-corrected chi connectivity index (χ2v) is 6.80. The van der Waals surface area contributed by atoms with Crippen molar-refractivity contribution in [3.63, 3.8) is 0 Å². The molecule has 6 nitrogen and oxygen atoms in total. The first-order valence-electron chi connectivity index (χ1n) is 5.88. The third-order valence-electron chi connectivity index (χ3n) is 2.07. The predicted molar refractivity (Wildman–Crippen MR) is 69.8 cm³/mol. The average molecular weight is 304 g/mol. The number of halogens is 1. The van der Waals surface area contributed by atoms with Crippen LogP contribution in [0, 0.1) is 5.82 Å². The Hall–Kier alpha value is -1.54. The van der Waals surface area contributed by atoms with Crippen LogP contribution < -0.4 is 4.72 Å². The number of carbonyl (C=O) groups is 1. The molecule has 1 heterocycles. The molecular formula is C12H17FN2O4S. The highest BCUT2D eigenvalue weighted by Crippen LogP contribution is 2.12. The minimum atomic E-state index is -4.23. The van der Waals surface area contributed by atoms with E-state index in [-0.39, 0.29) is 0 Å². The molecule has 0 fully saturated rings. The number of nitrogens with one attached hydrogen (secondary N) is 1. The van der Waals surface area contributed by atoms with Gasteiger partial charge in [0.25, 0.3) is 10.0 Å². The summed E-state index contributed by atoms with van der Waals surface area (Å²) in [6.07, 6.45) is 1.15. The minimum Gasteiger partial charge on any atom is -0.459 e. The molecule has 0 spiro atoms. The molecule has 1 rings (SSSR count). The van der Waals surface area contributed by atoms with E-state index in [0.717, 1.165) is 12.3 Å². The third kappa shape index (κ3) is 4.53. The topological polar surface area (TPSA) is 85.4 Å². The van der Waals surface area contributed by atoms with E-state index < -0.39 is 38.5 Å². The van der Waals surface area contributed by atoms with Crippen molar-refractivity contribution in [3.05, 3.63) is 24.1 Å². The first-order valence-corrected chi connectivity index (χ1v) is 7.37. The van der Waals surface area contributed by atoms with E-state index in [2.05, 4.69) is 4.98 Å². The number of rotatable bonds is 4. The number of esters is 1. The smallest absolute Gasteiger partial charge is 0.324 e. The third-order valence-corrected chi connectivity index (χ3v) is 3.54. The number of aromatic nitrogens is 1. The van der Waals surface area contributed by atoms with Crippen LogP contribution in [0.25, 0.3) is 0 Å². The molecule has 8 heteroatoms. The van der Waals surface area contributed by atoms with Gasteiger partial charge in [-0.05, 0) is 39.8 Å². The zero-order chi connectivity index (χ0) is 15.6. The van der Waals surface area contributed by atoms with Gasteiger partial charge in [0.2, 0.25) is 5.03 Å². The van der Waals surface area contributed by atoms with Gasteiger partial charge in [-0.3, -0.25) is 4.79 Å². The van der Waals surface area contributed by atoms with Crippen LogP contribution >= 0.6 is 0 Å². The molecule has 1 N–H and O–H groups in total. The number of hydrogen-bond donors (Lipinski definition) is 1. The number of hydrogen-bond acceptors (Lipinski definition) is 5. The molecule has 1 atom stereocenters. The Balaban J connectivity index is 2.87. The van der Waals surface area contributed by atoms with Gasteiger partial charge in [0, 0.05) is 6.20 Å². The summed E-state index contributed by atoms with van der Waals surface area (Å²) < 4.78 is 44.3. The molecule has 20 heavy (non-hydrogen) atoms. The van der Waals surface area contributed by atoms with Gasteiger partial charge in [0.1, 0.15) is 11.6 Å².